The van der Waals surface area contributed by atoms with Crippen molar-refractivity contribution in [2.24, 2.45) is 17.8 Å². The second-order valence-corrected chi connectivity index (χ2v) is 14.6. The van der Waals surface area contributed by atoms with E-state index in [0.29, 0.717) is 19.7 Å². The van der Waals surface area contributed by atoms with E-state index >= 15 is 0 Å². The molecule has 3 amide bonds. The van der Waals surface area contributed by atoms with Gasteiger partial charge >= 0.3 is 0 Å². The minimum Gasteiger partial charge on any atom is -0.494 e. The second kappa shape index (κ2) is 14.0. The highest BCUT2D eigenvalue weighted by atomic mass is 32.2. The van der Waals surface area contributed by atoms with E-state index in [9.17, 15) is 19.5 Å². The number of amides is 3. The van der Waals surface area contributed by atoms with Crippen LogP contribution in [0.25, 0.3) is 0 Å². The number of thioether (sulfide) groups is 1. The van der Waals surface area contributed by atoms with Crippen molar-refractivity contribution in [3.05, 3.63) is 72.8 Å². The first kappa shape index (κ1) is 34.1. The molecule has 0 saturated carbocycles. The molecule has 2 saturated heterocycles. The predicted molar refractivity (Wildman–Crippen MR) is 193 cm³/mol. The fourth-order valence-electron chi connectivity index (χ4n) is 8.03. The number of ether oxygens (including phenoxy) is 1. The third-order valence-electron chi connectivity index (χ3n) is 10.7. The Morgan fingerprint density at radius 2 is 1.52 bits per heavy atom. The lowest BCUT2D eigenvalue weighted by atomic mass is 9.78. The molecule has 10 heteroatoms. The molecule has 0 bridgehead atoms. The van der Waals surface area contributed by atoms with Crippen molar-refractivity contribution in [1.29, 1.82) is 0 Å². The van der Waals surface area contributed by atoms with Gasteiger partial charge in [-0.1, -0.05) is 44.6 Å². The molecule has 1 unspecified atom stereocenters. The minimum absolute atomic E-state index is 0.0532. The lowest BCUT2D eigenvalue weighted by Crippen LogP contribution is -2.58. The standard InChI is InChI=1S/C38H48N4O5S/c1-6-25(5)30(24-43)42-34-37(46)41(27-15-13-26(14-16-27)39(7-2)8-3)23-11-21-38(34)33(36(42)45)32-31(48-38)12-10-22-40(35(32)44)28-17-19-29(20-18-28)47-9-4/h10-21,25,30-34,43H,6-9,22-24H2,1-5H3/t25-,30-,31-,32+,33-,34?,38-/m0/s1. The van der Waals surface area contributed by atoms with Crippen LogP contribution in [0, 0.1) is 17.8 Å². The number of aliphatic hydroxyl groups is 1. The number of hydrogen-bond donors (Lipinski definition) is 1. The topological polar surface area (TPSA) is 93.6 Å². The summed E-state index contributed by atoms with van der Waals surface area (Å²) in [7, 11) is 0. The van der Waals surface area contributed by atoms with Gasteiger partial charge in [-0.2, -0.15) is 0 Å². The number of nitrogens with zero attached hydrogens (tertiary/aromatic N) is 4. The zero-order valence-corrected chi connectivity index (χ0v) is 29.4. The summed E-state index contributed by atoms with van der Waals surface area (Å²) >= 11 is 1.56. The summed E-state index contributed by atoms with van der Waals surface area (Å²) in [6.07, 6.45) is 8.81. The molecule has 0 aromatic heterocycles. The molecule has 4 aliphatic heterocycles. The van der Waals surface area contributed by atoms with Crippen LogP contribution in [-0.4, -0.2) is 89.2 Å². The van der Waals surface area contributed by atoms with Gasteiger partial charge in [-0.3, -0.25) is 14.4 Å². The average Bonchev–Trinajstić information content (AvgIpc) is 3.41. The van der Waals surface area contributed by atoms with Gasteiger partial charge in [0.25, 0.3) is 5.91 Å². The molecular weight excluding hydrogens is 625 g/mol. The van der Waals surface area contributed by atoms with Crippen LogP contribution in [0.15, 0.2) is 72.8 Å². The monoisotopic (exact) mass is 672 g/mol. The van der Waals surface area contributed by atoms with Crippen LogP contribution in [0.1, 0.15) is 41.0 Å². The fourth-order valence-corrected chi connectivity index (χ4v) is 10.0. The van der Waals surface area contributed by atoms with E-state index in [-0.39, 0.29) is 35.5 Å². The van der Waals surface area contributed by atoms with E-state index < -0.39 is 28.7 Å². The number of benzene rings is 2. The molecular formula is C38H48N4O5S. The van der Waals surface area contributed by atoms with Gasteiger partial charge in [0.05, 0.1) is 35.8 Å². The first-order chi connectivity index (χ1) is 23.2. The summed E-state index contributed by atoms with van der Waals surface area (Å²) in [5.41, 5.74) is 2.58. The molecule has 1 N–H and O–H groups in total. The molecule has 256 valence electrons. The number of rotatable bonds is 11. The lowest BCUT2D eigenvalue weighted by Gasteiger charge is -2.40. The number of anilines is 3. The van der Waals surface area contributed by atoms with Gasteiger partial charge in [0, 0.05) is 48.5 Å². The van der Waals surface area contributed by atoms with E-state index in [0.717, 1.165) is 42.3 Å². The summed E-state index contributed by atoms with van der Waals surface area (Å²) < 4.78 is 4.65. The molecule has 48 heavy (non-hydrogen) atoms. The molecule has 2 aromatic rings. The van der Waals surface area contributed by atoms with E-state index in [2.05, 4.69) is 24.8 Å². The number of carbonyl (C=O) groups is 3. The molecule has 2 fully saturated rings. The Morgan fingerprint density at radius 1 is 0.896 bits per heavy atom. The van der Waals surface area contributed by atoms with Gasteiger partial charge < -0.3 is 29.4 Å². The minimum atomic E-state index is -0.970. The van der Waals surface area contributed by atoms with Gasteiger partial charge in [-0.25, -0.2) is 0 Å². The van der Waals surface area contributed by atoms with Gasteiger partial charge in [-0.15, -0.1) is 11.8 Å². The Morgan fingerprint density at radius 3 is 2.12 bits per heavy atom. The third-order valence-corrected chi connectivity index (χ3v) is 12.4. The van der Waals surface area contributed by atoms with Gasteiger partial charge in [0.1, 0.15) is 11.8 Å². The smallest absolute Gasteiger partial charge is 0.251 e. The van der Waals surface area contributed by atoms with Crippen LogP contribution in [0.5, 0.6) is 5.75 Å². The van der Waals surface area contributed by atoms with Crippen molar-refractivity contribution in [1.82, 2.24) is 4.90 Å². The fraction of sp³-hybridized carbons (Fsp3) is 0.500. The van der Waals surface area contributed by atoms with Crippen LogP contribution in [0.2, 0.25) is 0 Å². The van der Waals surface area contributed by atoms with Crippen molar-refractivity contribution in [2.75, 3.05) is 54.1 Å². The van der Waals surface area contributed by atoms with Crippen molar-refractivity contribution in [2.45, 2.75) is 63.1 Å². The molecule has 0 aliphatic carbocycles. The van der Waals surface area contributed by atoms with E-state index in [1.807, 2.05) is 87.5 Å². The van der Waals surface area contributed by atoms with Gasteiger partial charge in [0.15, 0.2) is 0 Å². The summed E-state index contributed by atoms with van der Waals surface area (Å²) in [5.74, 6) is -1.30. The molecule has 1 spiro atoms. The Hall–Kier alpha value is -3.76. The average molecular weight is 673 g/mol. The summed E-state index contributed by atoms with van der Waals surface area (Å²) in [6, 6.07) is 14.1. The summed E-state index contributed by atoms with van der Waals surface area (Å²) in [5, 5.41) is 10.5. The van der Waals surface area contributed by atoms with Crippen LogP contribution in [-0.2, 0) is 14.4 Å². The van der Waals surface area contributed by atoms with Crippen molar-refractivity contribution >= 4 is 46.5 Å². The molecule has 2 aromatic carbocycles. The first-order valence-electron chi connectivity index (χ1n) is 17.4. The highest BCUT2D eigenvalue weighted by Gasteiger charge is 2.72. The second-order valence-electron chi connectivity index (χ2n) is 13.1. The van der Waals surface area contributed by atoms with Crippen LogP contribution in [0.4, 0.5) is 17.1 Å². The Balaban J connectivity index is 1.41. The van der Waals surface area contributed by atoms with Gasteiger partial charge in [-0.05, 0) is 75.2 Å². The summed E-state index contributed by atoms with van der Waals surface area (Å²) in [6.45, 7) is 13.0. The predicted octanol–water partition coefficient (Wildman–Crippen LogP) is 5.14. The Kier molecular flexibility index (Phi) is 9.95. The van der Waals surface area contributed by atoms with E-state index in [1.54, 1.807) is 26.5 Å². The molecule has 9 nitrogen and oxygen atoms in total. The molecule has 0 radical (unpaired) electrons. The number of carbonyl (C=O) groups excluding carboxylic acids is 3. The number of likely N-dealkylation sites (tertiary alicyclic amines) is 1. The van der Waals surface area contributed by atoms with Crippen molar-refractivity contribution in [3.63, 3.8) is 0 Å². The Labute approximate surface area is 288 Å². The zero-order valence-electron chi connectivity index (χ0n) is 28.6. The normalized spacial score (nSPS) is 27.7. The van der Waals surface area contributed by atoms with Gasteiger partial charge in [0.2, 0.25) is 11.8 Å². The van der Waals surface area contributed by atoms with Crippen LogP contribution in [0.3, 0.4) is 0 Å². The first-order valence-corrected chi connectivity index (χ1v) is 18.3. The lowest BCUT2D eigenvalue weighted by molar-refractivity contribution is -0.142. The van der Waals surface area contributed by atoms with E-state index in [4.69, 9.17) is 4.74 Å². The van der Waals surface area contributed by atoms with E-state index in [1.165, 1.54) is 0 Å². The largest absolute Gasteiger partial charge is 0.494 e. The maximum atomic E-state index is 15.0. The highest BCUT2D eigenvalue weighted by molar-refractivity contribution is 8.02. The van der Waals surface area contributed by atoms with Crippen LogP contribution >= 0.6 is 11.8 Å². The third kappa shape index (κ3) is 5.60. The van der Waals surface area contributed by atoms with Crippen molar-refractivity contribution in [3.8, 4) is 5.75 Å². The molecule has 6 rings (SSSR count). The number of hydrogen-bond acceptors (Lipinski definition) is 7. The van der Waals surface area contributed by atoms with Crippen LogP contribution < -0.4 is 19.4 Å². The quantitative estimate of drug-likeness (QED) is 0.331. The Bertz CT molecular complexity index is 1560. The highest BCUT2D eigenvalue weighted by Crippen LogP contribution is 2.62. The number of fused-ring (bicyclic) bond motifs is 2. The SMILES string of the molecule is CCOc1ccc(N2CC=C[C@@H]3S[C@]45C=CCN(c6ccc(N(CC)CC)cc6)C(=O)C4N([C@@H](CO)[C@@H](C)CC)C(=O)[C@@H]5[C@@H]3C2=O)cc1. The maximum Gasteiger partial charge on any atom is 0.251 e. The maximum absolute atomic E-state index is 15.0. The zero-order chi connectivity index (χ0) is 34.2. The summed E-state index contributed by atoms with van der Waals surface area (Å²) in [4.78, 5) is 51.9. The molecule has 7 atom stereocenters. The van der Waals surface area contributed by atoms with Crippen molar-refractivity contribution < 1.29 is 24.2 Å². The molecule has 4 heterocycles. The number of aliphatic hydroxyl groups excluding tert-OH is 1. The molecule has 4 aliphatic rings.